The van der Waals surface area contributed by atoms with Crippen LogP contribution in [0.25, 0.3) is 0 Å². The summed E-state index contributed by atoms with van der Waals surface area (Å²) in [4.78, 5) is 14.9. The number of rotatable bonds is 9. The number of ketones is 1. The number of phenolic OH excluding ortho intramolecular Hbond substituents is 1. The first-order valence-electron chi connectivity index (χ1n) is 9.42. The number of nitrogens with zero attached hydrogens (tertiary/aromatic N) is 1. The summed E-state index contributed by atoms with van der Waals surface area (Å²) in [6, 6.07) is 5.13. The average molecular weight is 332 g/mol. The third-order valence-corrected chi connectivity index (χ3v) is 4.92. The lowest BCUT2D eigenvalue weighted by molar-refractivity contribution is 0.0971. The first-order chi connectivity index (χ1) is 11.6. The van der Waals surface area contributed by atoms with Crippen molar-refractivity contribution >= 4 is 11.5 Å². The molecule has 134 valence electrons. The lowest BCUT2D eigenvalue weighted by Crippen LogP contribution is -2.33. The highest BCUT2D eigenvalue weighted by molar-refractivity contribution is 5.97. The minimum Gasteiger partial charge on any atom is -0.506 e. The van der Waals surface area contributed by atoms with E-state index in [1.807, 2.05) is 0 Å². The van der Waals surface area contributed by atoms with Gasteiger partial charge in [0.25, 0.3) is 0 Å². The molecule has 0 radical (unpaired) electrons. The number of carbonyl (C=O) groups is 1. The van der Waals surface area contributed by atoms with Crippen LogP contribution >= 0.6 is 0 Å². The second-order valence-corrected chi connectivity index (χ2v) is 7.06. The summed E-state index contributed by atoms with van der Waals surface area (Å²) in [7, 11) is 0. The second-order valence-electron chi connectivity index (χ2n) is 7.06. The van der Waals surface area contributed by atoms with Crippen LogP contribution in [-0.2, 0) is 0 Å². The van der Waals surface area contributed by atoms with E-state index in [0.29, 0.717) is 17.7 Å². The molecule has 1 saturated heterocycles. The molecule has 2 N–H and O–H groups in total. The average Bonchev–Trinajstić information content (AvgIpc) is 2.58. The van der Waals surface area contributed by atoms with Crippen LogP contribution in [0.5, 0.6) is 5.75 Å². The van der Waals surface area contributed by atoms with Crippen LogP contribution in [0.2, 0.25) is 0 Å². The largest absolute Gasteiger partial charge is 0.506 e. The second kappa shape index (κ2) is 9.67. The summed E-state index contributed by atoms with van der Waals surface area (Å²) in [6.07, 6.45) is 6.18. The molecule has 0 saturated carbocycles. The van der Waals surface area contributed by atoms with Gasteiger partial charge in [-0.25, -0.2) is 0 Å². The number of phenols is 1. The van der Waals surface area contributed by atoms with Crippen molar-refractivity contribution < 1.29 is 9.90 Å². The molecular formula is C20H32N2O2. The van der Waals surface area contributed by atoms with Gasteiger partial charge in [0.2, 0.25) is 0 Å². The number of hydrogen-bond acceptors (Lipinski definition) is 4. The molecule has 0 unspecified atom stereocenters. The van der Waals surface area contributed by atoms with Crippen molar-refractivity contribution in [2.45, 2.75) is 52.4 Å². The third kappa shape index (κ3) is 5.82. The number of unbranched alkanes of at least 4 members (excludes halogenated alkanes) is 1. The van der Waals surface area contributed by atoms with Crippen molar-refractivity contribution in [2.75, 3.05) is 31.5 Å². The Labute approximate surface area is 146 Å². The smallest absolute Gasteiger partial charge is 0.163 e. The van der Waals surface area contributed by atoms with Gasteiger partial charge in [0.1, 0.15) is 5.75 Å². The molecule has 0 bridgehead atoms. The van der Waals surface area contributed by atoms with E-state index in [2.05, 4.69) is 24.1 Å². The number of piperidine rings is 1. The number of benzene rings is 1. The lowest BCUT2D eigenvalue weighted by Gasteiger charge is -2.30. The fraction of sp³-hybridized carbons (Fsp3) is 0.650. The third-order valence-electron chi connectivity index (χ3n) is 4.92. The number of likely N-dealkylation sites (tertiary alicyclic amines) is 1. The van der Waals surface area contributed by atoms with E-state index >= 15 is 0 Å². The number of carbonyl (C=O) groups excluding carboxylic acids is 1. The number of nitrogens with one attached hydrogen (secondary N) is 1. The Hall–Kier alpha value is -1.55. The summed E-state index contributed by atoms with van der Waals surface area (Å²) < 4.78 is 0. The molecule has 4 heteroatoms. The van der Waals surface area contributed by atoms with E-state index in [1.165, 1.54) is 25.9 Å². The standard InChI is InChI=1S/C20H32N2O2/c1-3-4-11-21-18-15-17(7-8-20(18)24)19(23)6-5-12-22-13-9-16(2)10-14-22/h7-8,15-16,21,24H,3-6,9-14H2,1-2H3. The highest BCUT2D eigenvalue weighted by atomic mass is 16.3. The first-order valence-corrected chi connectivity index (χ1v) is 9.42. The van der Waals surface area contributed by atoms with Crippen molar-refractivity contribution in [1.82, 2.24) is 4.90 Å². The highest BCUT2D eigenvalue weighted by Gasteiger charge is 2.16. The molecule has 1 aromatic rings. The number of hydrogen-bond donors (Lipinski definition) is 2. The minimum absolute atomic E-state index is 0.166. The van der Waals surface area contributed by atoms with Gasteiger partial charge in [0, 0.05) is 18.5 Å². The predicted octanol–water partition coefficient (Wildman–Crippen LogP) is 4.30. The van der Waals surface area contributed by atoms with E-state index < -0.39 is 0 Å². The maximum Gasteiger partial charge on any atom is 0.163 e. The minimum atomic E-state index is 0.166. The van der Waals surface area contributed by atoms with Gasteiger partial charge in [-0.15, -0.1) is 0 Å². The lowest BCUT2D eigenvalue weighted by atomic mass is 9.99. The Kier molecular flexibility index (Phi) is 7.57. The molecule has 0 amide bonds. The number of anilines is 1. The summed E-state index contributed by atoms with van der Waals surface area (Å²) >= 11 is 0. The Morgan fingerprint density at radius 1 is 1.29 bits per heavy atom. The van der Waals surface area contributed by atoms with Crippen LogP contribution in [0.3, 0.4) is 0 Å². The number of Topliss-reactive ketones (excluding diaryl/α,β-unsaturated/α-hetero) is 1. The van der Waals surface area contributed by atoms with E-state index in [9.17, 15) is 9.90 Å². The summed E-state index contributed by atoms with van der Waals surface area (Å²) in [5.74, 6) is 1.22. The first kappa shape index (κ1) is 18.8. The molecule has 1 fully saturated rings. The fourth-order valence-electron chi connectivity index (χ4n) is 3.14. The maximum absolute atomic E-state index is 12.4. The van der Waals surface area contributed by atoms with Gasteiger partial charge < -0.3 is 15.3 Å². The Balaban J connectivity index is 1.80. The topological polar surface area (TPSA) is 52.6 Å². The molecule has 2 rings (SSSR count). The van der Waals surface area contributed by atoms with Gasteiger partial charge in [0.15, 0.2) is 5.78 Å². The van der Waals surface area contributed by atoms with E-state index in [1.54, 1.807) is 18.2 Å². The molecule has 1 aliphatic heterocycles. The van der Waals surface area contributed by atoms with Crippen LogP contribution in [0.15, 0.2) is 18.2 Å². The Morgan fingerprint density at radius 3 is 2.75 bits per heavy atom. The van der Waals surface area contributed by atoms with E-state index in [4.69, 9.17) is 0 Å². The van der Waals surface area contributed by atoms with Gasteiger partial charge >= 0.3 is 0 Å². The zero-order chi connectivity index (χ0) is 17.4. The monoisotopic (exact) mass is 332 g/mol. The van der Waals surface area contributed by atoms with Crippen molar-refractivity contribution in [3.05, 3.63) is 23.8 Å². The van der Waals surface area contributed by atoms with E-state index in [0.717, 1.165) is 38.3 Å². The molecule has 0 aliphatic carbocycles. The number of aromatic hydroxyl groups is 1. The van der Waals surface area contributed by atoms with Crippen LogP contribution < -0.4 is 5.32 Å². The summed E-state index contributed by atoms with van der Waals surface area (Å²) in [5, 5.41) is 13.1. The normalized spacial score (nSPS) is 16.2. The molecule has 24 heavy (non-hydrogen) atoms. The highest BCUT2D eigenvalue weighted by Crippen LogP contribution is 2.25. The fourth-order valence-corrected chi connectivity index (χ4v) is 3.14. The van der Waals surface area contributed by atoms with Crippen molar-refractivity contribution in [3.8, 4) is 5.75 Å². The molecule has 0 spiro atoms. The van der Waals surface area contributed by atoms with Crippen LogP contribution in [0.4, 0.5) is 5.69 Å². The van der Waals surface area contributed by atoms with Gasteiger partial charge in [-0.1, -0.05) is 20.3 Å². The molecule has 1 aromatic carbocycles. The SMILES string of the molecule is CCCCNc1cc(C(=O)CCCN2CCC(C)CC2)ccc1O. The molecule has 0 atom stereocenters. The molecule has 4 nitrogen and oxygen atoms in total. The Morgan fingerprint density at radius 2 is 2.04 bits per heavy atom. The van der Waals surface area contributed by atoms with Crippen LogP contribution in [0, 0.1) is 5.92 Å². The van der Waals surface area contributed by atoms with Crippen molar-refractivity contribution in [1.29, 1.82) is 0 Å². The zero-order valence-corrected chi connectivity index (χ0v) is 15.2. The summed E-state index contributed by atoms with van der Waals surface area (Å²) in [6.45, 7) is 8.61. The van der Waals surface area contributed by atoms with Gasteiger partial charge in [-0.2, -0.15) is 0 Å². The quantitative estimate of drug-likeness (QED) is 0.402. The molecule has 1 aliphatic rings. The van der Waals surface area contributed by atoms with Gasteiger partial charge in [-0.3, -0.25) is 4.79 Å². The van der Waals surface area contributed by atoms with Crippen molar-refractivity contribution in [2.24, 2.45) is 5.92 Å². The van der Waals surface area contributed by atoms with Crippen LogP contribution in [-0.4, -0.2) is 42.0 Å². The molecular weight excluding hydrogens is 300 g/mol. The zero-order valence-electron chi connectivity index (χ0n) is 15.2. The predicted molar refractivity (Wildman–Crippen MR) is 99.9 cm³/mol. The van der Waals surface area contributed by atoms with E-state index in [-0.39, 0.29) is 11.5 Å². The molecule has 1 heterocycles. The van der Waals surface area contributed by atoms with Gasteiger partial charge in [-0.05, 0) is 69.4 Å². The van der Waals surface area contributed by atoms with Gasteiger partial charge in [0.05, 0.1) is 5.69 Å². The summed E-state index contributed by atoms with van der Waals surface area (Å²) in [5.41, 5.74) is 1.36. The molecule has 0 aromatic heterocycles. The Bertz CT molecular complexity index is 522. The van der Waals surface area contributed by atoms with Crippen molar-refractivity contribution in [3.63, 3.8) is 0 Å². The maximum atomic E-state index is 12.4. The van der Waals surface area contributed by atoms with Crippen LogP contribution in [0.1, 0.15) is 62.7 Å².